The minimum absolute atomic E-state index is 0.0180. The summed E-state index contributed by atoms with van der Waals surface area (Å²) < 4.78 is 20.9. The van der Waals surface area contributed by atoms with E-state index in [9.17, 15) is 9.18 Å². The van der Waals surface area contributed by atoms with Crippen LogP contribution in [0.4, 0.5) is 4.39 Å². The minimum Gasteiger partial charge on any atom is -0.490 e. The van der Waals surface area contributed by atoms with Crippen molar-refractivity contribution in [3.05, 3.63) is 83.7 Å². The molecule has 1 amide bonds. The number of fused-ring (bicyclic) bond motifs is 3. The summed E-state index contributed by atoms with van der Waals surface area (Å²) in [4.78, 5) is 15.8. The number of nitrogens with one attached hydrogen (secondary N) is 2. The topological polar surface area (TPSA) is 70.2 Å². The largest absolute Gasteiger partial charge is 0.490 e. The quantitative estimate of drug-likeness (QED) is 0.288. The van der Waals surface area contributed by atoms with Gasteiger partial charge in [-0.2, -0.15) is 5.10 Å². The van der Waals surface area contributed by atoms with E-state index in [1.54, 1.807) is 24.3 Å². The number of H-pyrrole nitrogens is 1. The number of carbonyl (C=O) groups is 1. The van der Waals surface area contributed by atoms with Crippen LogP contribution in [0.2, 0.25) is 0 Å². The van der Waals surface area contributed by atoms with Gasteiger partial charge in [0.25, 0.3) is 5.91 Å². The third-order valence-electron chi connectivity index (χ3n) is 8.50. The second-order valence-electron chi connectivity index (χ2n) is 11.3. The summed E-state index contributed by atoms with van der Waals surface area (Å²) in [6.45, 7) is 3.94. The fourth-order valence-electron chi connectivity index (χ4n) is 6.27. The lowest BCUT2D eigenvalue weighted by molar-refractivity contribution is 0.0662. The van der Waals surface area contributed by atoms with Crippen molar-refractivity contribution in [3.8, 4) is 17.0 Å². The van der Waals surface area contributed by atoms with Crippen LogP contribution in [0.5, 0.6) is 5.75 Å². The average molecular weight is 527 g/mol. The number of piperidine rings is 1. The predicted octanol–water partition coefficient (Wildman–Crippen LogP) is 6.50. The number of hydrogen-bond acceptors (Lipinski definition) is 4. The summed E-state index contributed by atoms with van der Waals surface area (Å²) in [5, 5.41) is 11.5. The molecule has 7 heteroatoms. The molecule has 4 atom stereocenters. The number of carbonyl (C=O) groups excluding carboxylic acids is 1. The zero-order valence-electron chi connectivity index (χ0n) is 22.7. The highest BCUT2D eigenvalue weighted by Gasteiger charge is 2.39. The Labute approximate surface area is 228 Å². The van der Waals surface area contributed by atoms with Crippen LogP contribution in [0.15, 0.2) is 66.7 Å². The van der Waals surface area contributed by atoms with E-state index in [0.29, 0.717) is 23.2 Å². The molecular weight excluding hydrogens is 491 g/mol. The molecule has 2 aliphatic heterocycles. The fraction of sp³-hybridized carbons (Fsp3) is 0.375. The molecule has 0 radical (unpaired) electrons. The normalized spacial score (nSPS) is 21.8. The van der Waals surface area contributed by atoms with Gasteiger partial charge in [-0.05, 0) is 87.2 Å². The molecule has 2 aliphatic rings. The number of rotatable bonds is 7. The van der Waals surface area contributed by atoms with Gasteiger partial charge in [0.15, 0.2) is 0 Å². The zero-order chi connectivity index (χ0) is 27.1. The third-order valence-corrected chi connectivity index (χ3v) is 8.50. The van der Waals surface area contributed by atoms with E-state index < -0.39 is 6.04 Å². The van der Waals surface area contributed by atoms with Crippen LogP contribution in [0, 0.1) is 11.7 Å². The Morgan fingerprint density at radius 2 is 1.77 bits per heavy atom. The van der Waals surface area contributed by atoms with Crippen molar-refractivity contribution >= 4 is 16.8 Å². The Morgan fingerprint density at radius 3 is 2.46 bits per heavy atom. The summed E-state index contributed by atoms with van der Waals surface area (Å²) in [5.74, 6) is 0.325. The van der Waals surface area contributed by atoms with Crippen molar-refractivity contribution in [1.82, 2.24) is 20.4 Å². The molecule has 6 rings (SSSR count). The van der Waals surface area contributed by atoms with E-state index >= 15 is 0 Å². The van der Waals surface area contributed by atoms with Crippen molar-refractivity contribution in [2.24, 2.45) is 5.92 Å². The molecule has 2 N–H and O–H groups in total. The van der Waals surface area contributed by atoms with Gasteiger partial charge in [0, 0.05) is 34.2 Å². The first-order chi connectivity index (χ1) is 18.9. The highest BCUT2D eigenvalue weighted by Crippen LogP contribution is 2.36. The number of hydrogen-bond donors (Lipinski definition) is 2. The number of benzene rings is 3. The Hall–Kier alpha value is -3.71. The molecule has 2 fully saturated rings. The van der Waals surface area contributed by atoms with Crippen LogP contribution in [0.25, 0.3) is 22.2 Å². The van der Waals surface area contributed by atoms with E-state index in [1.165, 1.54) is 18.9 Å². The van der Waals surface area contributed by atoms with Gasteiger partial charge in [-0.15, -0.1) is 0 Å². The first-order valence-electron chi connectivity index (χ1n) is 13.9. The maximum atomic E-state index is 14.5. The van der Waals surface area contributed by atoms with Gasteiger partial charge in [-0.25, -0.2) is 4.39 Å². The third kappa shape index (κ3) is 5.03. The Morgan fingerprint density at radius 1 is 1.05 bits per heavy atom. The van der Waals surface area contributed by atoms with Crippen LogP contribution in [0.1, 0.15) is 61.5 Å². The average Bonchev–Trinajstić information content (AvgIpc) is 3.43. The monoisotopic (exact) mass is 526 g/mol. The molecule has 1 aromatic heterocycles. The van der Waals surface area contributed by atoms with Crippen molar-refractivity contribution in [3.63, 3.8) is 0 Å². The van der Waals surface area contributed by atoms with Crippen molar-refractivity contribution < 1.29 is 13.9 Å². The molecule has 0 spiro atoms. The van der Waals surface area contributed by atoms with Crippen molar-refractivity contribution in [1.29, 1.82) is 0 Å². The SMILES string of the molecule is CC(C)C(NC(=O)c1ccc2[nH]nc(-c3ccc(OC4C[C@H]5CC[C@@H](C4)N5C)cc3)c2c1)c1ccccc1F. The number of aromatic amines is 1. The van der Waals surface area contributed by atoms with Gasteiger partial charge in [-0.3, -0.25) is 9.89 Å². The lowest BCUT2D eigenvalue weighted by Gasteiger charge is -2.36. The summed E-state index contributed by atoms with van der Waals surface area (Å²) >= 11 is 0. The number of nitrogens with zero attached hydrogens (tertiary/aromatic N) is 2. The molecular formula is C32H35FN4O2. The molecule has 2 unspecified atom stereocenters. The van der Waals surface area contributed by atoms with Gasteiger partial charge in [-0.1, -0.05) is 32.0 Å². The highest BCUT2D eigenvalue weighted by atomic mass is 19.1. The predicted molar refractivity (Wildman–Crippen MR) is 151 cm³/mol. The number of ether oxygens (including phenoxy) is 1. The summed E-state index contributed by atoms with van der Waals surface area (Å²) in [7, 11) is 2.24. The molecule has 3 heterocycles. The zero-order valence-corrected chi connectivity index (χ0v) is 22.7. The summed E-state index contributed by atoms with van der Waals surface area (Å²) in [5.41, 5.74) is 3.56. The molecule has 202 valence electrons. The first kappa shape index (κ1) is 25.6. The molecule has 2 saturated heterocycles. The van der Waals surface area contributed by atoms with E-state index in [1.807, 2.05) is 50.2 Å². The molecule has 6 nitrogen and oxygen atoms in total. The van der Waals surface area contributed by atoms with Gasteiger partial charge in [0.1, 0.15) is 17.7 Å². The smallest absolute Gasteiger partial charge is 0.251 e. The van der Waals surface area contributed by atoms with E-state index in [4.69, 9.17) is 4.74 Å². The van der Waals surface area contributed by atoms with E-state index in [2.05, 4.69) is 27.5 Å². The van der Waals surface area contributed by atoms with Crippen molar-refractivity contribution in [2.75, 3.05) is 7.05 Å². The molecule has 4 aromatic rings. The van der Waals surface area contributed by atoms with Crippen LogP contribution >= 0.6 is 0 Å². The van der Waals surface area contributed by atoms with Gasteiger partial charge < -0.3 is 15.0 Å². The summed E-state index contributed by atoms with van der Waals surface area (Å²) in [6.07, 6.45) is 4.97. The second-order valence-corrected chi connectivity index (χ2v) is 11.3. The van der Waals surface area contributed by atoms with Crippen LogP contribution in [-0.2, 0) is 0 Å². The Balaban J connectivity index is 1.20. The molecule has 39 heavy (non-hydrogen) atoms. The van der Waals surface area contributed by atoms with Crippen LogP contribution in [-0.4, -0.2) is 46.2 Å². The maximum absolute atomic E-state index is 14.5. The van der Waals surface area contributed by atoms with Gasteiger partial charge in [0.05, 0.1) is 17.3 Å². The van der Waals surface area contributed by atoms with Gasteiger partial charge in [0.2, 0.25) is 0 Å². The van der Waals surface area contributed by atoms with Crippen LogP contribution < -0.4 is 10.1 Å². The standard InChI is InChI=1S/C32H35FN4O2/c1-19(2)30(26-6-4-5-7-28(26)33)34-32(38)21-10-15-29-27(16-21)31(36-35-29)20-8-13-24(14-9-20)39-25-17-22-11-12-23(18-25)37(22)3/h4-10,13-16,19,22-23,25,30H,11-12,17-18H2,1-3H3,(H,34,38)(H,35,36)/t22-,23+,25?,30?. The number of aromatic nitrogens is 2. The van der Waals surface area contributed by atoms with E-state index in [0.717, 1.165) is 40.8 Å². The lowest BCUT2D eigenvalue weighted by Crippen LogP contribution is -2.43. The number of amides is 1. The van der Waals surface area contributed by atoms with Crippen molar-refractivity contribution in [2.45, 2.75) is 63.8 Å². The van der Waals surface area contributed by atoms with E-state index in [-0.39, 0.29) is 23.7 Å². The fourth-order valence-corrected chi connectivity index (χ4v) is 6.27. The first-order valence-corrected chi connectivity index (χ1v) is 13.9. The molecule has 3 aromatic carbocycles. The highest BCUT2D eigenvalue weighted by molar-refractivity contribution is 6.01. The van der Waals surface area contributed by atoms with Gasteiger partial charge >= 0.3 is 0 Å². The molecule has 2 bridgehead atoms. The minimum atomic E-state index is -0.439. The second kappa shape index (κ2) is 10.5. The summed E-state index contributed by atoms with van der Waals surface area (Å²) in [6, 6.07) is 21.0. The number of halogens is 1. The molecule has 0 saturated carbocycles. The maximum Gasteiger partial charge on any atom is 0.251 e. The molecule has 0 aliphatic carbocycles. The Bertz CT molecular complexity index is 1470. The lowest BCUT2D eigenvalue weighted by atomic mass is 9.95. The Kier molecular flexibility index (Phi) is 6.85. The van der Waals surface area contributed by atoms with Crippen LogP contribution in [0.3, 0.4) is 0 Å².